The molecular weight excluding hydrogens is 522 g/mol. The Kier molecular flexibility index (Phi) is 8.73. The van der Waals surface area contributed by atoms with Gasteiger partial charge in [-0.2, -0.15) is 4.98 Å². The highest BCUT2D eigenvalue weighted by Crippen LogP contribution is 2.23. The van der Waals surface area contributed by atoms with Crippen LogP contribution in [0.25, 0.3) is 5.95 Å². The number of carbonyl (C=O) groups is 2. The topological polar surface area (TPSA) is 115 Å². The second kappa shape index (κ2) is 12.9. The quantitative estimate of drug-likeness (QED) is 0.318. The average Bonchev–Trinajstić information content (AvgIpc) is 3.55. The van der Waals surface area contributed by atoms with Crippen molar-refractivity contribution in [3.05, 3.63) is 90.6 Å². The first-order valence-electron chi connectivity index (χ1n) is 13.4. The summed E-state index contributed by atoms with van der Waals surface area (Å²) in [6.45, 7) is 3.56. The van der Waals surface area contributed by atoms with Gasteiger partial charge >= 0.3 is 0 Å². The van der Waals surface area contributed by atoms with Crippen LogP contribution in [-0.2, 0) is 16.1 Å². The molecule has 0 spiro atoms. The molecule has 1 atom stereocenters. The summed E-state index contributed by atoms with van der Waals surface area (Å²) < 4.78 is 12.7. The molecule has 0 saturated carbocycles. The van der Waals surface area contributed by atoms with Crippen molar-refractivity contribution in [2.75, 3.05) is 38.3 Å². The summed E-state index contributed by atoms with van der Waals surface area (Å²) in [4.78, 5) is 43.5. The van der Waals surface area contributed by atoms with Crippen molar-refractivity contribution in [2.45, 2.75) is 25.9 Å². The number of aromatic nitrogens is 4. The Bertz CT molecular complexity index is 1450. The third kappa shape index (κ3) is 7.18. The van der Waals surface area contributed by atoms with Gasteiger partial charge in [0.25, 0.3) is 5.91 Å². The van der Waals surface area contributed by atoms with Crippen LogP contribution in [0, 0.1) is 6.92 Å². The van der Waals surface area contributed by atoms with Gasteiger partial charge in [0.1, 0.15) is 23.6 Å². The molecule has 1 N–H and O–H groups in total. The van der Waals surface area contributed by atoms with Crippen molar-refractivity contribution in [1.29, 1.82) is 0 Å². The van der Waals surface area contributed by atoms with E-state index in [0.29, 0.717) is 43.7 Å². The van der Waals surface area contributed by atoms with Gasteiger partial charge in [0, 0.05) is 56.8 Å². The summed E-state index contributed by atoms with van der Waals surface area (Å²) in [5, 5.41) is 3.01. The average molecular weight is 556 g/mol. The number of rotatable bonds is 10. The van der Waals surface area contributed by atoms with E-state index in [1.54, 1.807) is 35.3 Å². The highest BCUT2D eigenvalue weighted by atomic mass is 16.5. The lowest BCUT2D eigenvalue weighted by Gasteiger charge is -2.42. The number of para-hydroxylation sites is 1. The standard InChI is InChI=1S/C30H33N7O4/c1-22-16-27(34-30(33-22)36-13-12-31-21-36)37-15-14-35(29(39)20-41-26-6-4-3-5-7-26)19-24(37)17-28(38)32-18-23-8-10-25(40-2)11-9-23/h3-13,16,21,24H,14-15,17-20H2,1-2H3,(H,32,38). The molecule has 0 radical (unpaired) electrons. The smallest absolute Gasteiger partial charge is 0.260 e. The molecule has 1 saturated heterocycles. The number of ether oxygens (including phenoxy) is 2. The first kappa shape index (κ1) is 27.6. The van der Waals surface area contributed by atoms with E-state index in [1.807, 2.05) is 67.6 Å². The fraction of sp³-hybridized carbons (Fsp3) is 0.300. The van der Waals surface area contributed by atoms with E-state index in [4.69, 9.17) is 14.5 Å². The molecular formula is C30H33N7O4. The predicted molar refractivity (Wildman–Crippen MR) is 153 cm³/mol. The van der Waals surface area contributed by atoms with E-state index >= 15 is 0 Å². The van der Waals surface area contributed by atoms with Gasteiger partial charge in [-0.25, -0.2) is 9.97 Å². The molecule has 1 fully saturated rings. The van der Waals surface area contributed by atoms with Crippen molar-refractivity contribution in [1.82, 2.24) is 29.7 Å². The Morgan fingerprint density at radius 3 is 2.56 bits per heavy atom. The van der Waals surface area contributed by atoms with Crippen molar-refractivity contribution >= 4 is 17.6 Å². The van der Waals surface area contributed by atoms with Crippen molar-refractivity contribution in [3.63, 3.8) is 0 Å². The molecule has 5 rings (SSSR count). The molecule has 11 nitrogen and oxygen atoms in total. The van der Waals surface area contributed by atoms with E-state index in [0.717, 1.165) is 17.0 Å². The molecule has 2 amide bonds. The maximum absolute atomic E-state index is 13.2. The van der Waals surface area contributed by atoms with Crippen LogP contribution in [0.1, 0.15) is 17.7 Å². The number of piperazine rings is 1. The summed E-state index contributed by atoms with van der Waals surface area (Å²) >= 11 is 0. The van der Waals surface area contributed by atoms with Gasteiger partial charge in [0.15, 0.2) is 6.61 Å². The summed E-state index contributed by atoms with van der Waals surface area (Å²) in [6.07, 6.45) is 5.28. The maximum atomic E-state index is 13.2. The maximum Gasteiger partial charge on any atom is 0.260 e. The second-order valence-electron chi connectivity index (χ2n) is 9.76. The third-order valence-corrected chi connectivity index (χ3v) is 6.87. The van der Waals surface area contributed by atoms with Crippen LogP contribution in [0.3, 0.4) is 0 Å². The van der Waals surface area contributed by atoms with E-state index in [9.17, 15) is 9.59 Å². The van der Waals surface area contributed by atoms with Crippen LogP contribution in [0.4, 0.5) is 5.82 Å². The Morgan fingerprint density at radius 2 is 1.83 bits per heavy atom. The van der Waals surface area contributed by atoms with Gasteiger partial charge < -0.3 is 24.6 Å². The number of benzene rings is 2. The number of nitrogens with one attached hydrogen (secondary N) is 1. The Labute approximate surface area is 238 Å². The molecule has 2 aromatic heterocycles. The largest absolute Gasteiger partial charge is 0.497 e. The zero-order chi connectivity index (χ0) is 28.6. The molecule has 3 heterocycles. The molecule has 2 aromatic carbocycles. The lowest BCUT2D eigenvalue weighted by Crippen LogP contribution is -2.57. The number of hydrogen-bond donors (Lipinski definition) is 1. The Morgan fingerprint density at radius 1 is 1.02 bits per heavy atom. The summed E-state index contributed by atoms with van der Waals surface area (Å²) in [5.74, 6) is 2.34. The number of methoxy groups -OCH3 is 1. The zero-order valence-corrected chi connectivity index (χ0v) is 23.1. The van der Waals surface area contributed by atoms with E-state index in [2.05, 4.69) is 20.2 Å². The first-order valence-corrected chi connectivity index (χ1v) is 13.4. The molecule has 212 valence electrons. The van der Waals surface area contributed by atoms with Crippen LogP contribution in [0.2, 0.25) is 0 Å². The molecule has 1 aliphatic heterocycles. The number of hydrogen-bond acceptors (Lipinski definition) is 8. The Balaban J connectivity index is 1.31. The van der Waals surface area contributed by atoms with Crippen molar-refractivity contribution < 1.29 is 19.1 Å². The Hall–Kier alpha value is -4.93. The molecule has 0 aliphatic carbocycles. The number of imidazole rings is 1. The van der Waals surface area contributed by atoms with Gasteiger partial charge in [0.05, 0.1) is 13.2 Å². The van der Waals surface area contributed by atoms with Crippen molar-refractivity contribution in [2.24, 2.45) is 0 Å². The van der Waals surface area contributed by atoms with Crippen LogP contribution in [-0.4, -0.2) is 75.6 Å². The number of aryl methyl sites for hydroxylation is 1. The minimum Gasteiger partial charge on any atom is -0.497 e. The minimum absolute atomic E-state index is 0.0716. The minimum atomic E-state index is -0.301. The number of carbonyl (C=O) groups excluding carboxylic acids is 2. The monoisotopic (exact) mass is 555 g/mol. The summed E-state index contributed by atoms with van der Waals surface area (Å²) in [5.41, 5.74) is 1.75. The van der Waals surface area contributed by atoms with E-state index in [1.165, 1.54) is 0 Å². The number of amides is 2. The van der Waals surface area contributed by atoms with Gasteiger partial charge in [-0.1, -0.05) is 30.3 Å². The van der Waals surface area contributed by atoms with Gasteiger partial charge in [-0.05, 0) is 36.8 Å². The van der Waals surface area contributed by atoms with E-state index in [-0.39, 0.29) is 30.9 Å². The van der Waals surface area contributed by atoms with Gasteiger partial charge in [0.2, 0.25) is 11.9 Å². The molecule has 4 aromatic rings. The van der Waals surface area contributed by atoms with Gasteiger partial charge in [-0.3, -0.25) is 14.2 Å². The molecule has 0 bridgehead atoms. The third-order valence-electron chi connectivity index (χ3n) is 6.87. The fourth-order valence-corrected chi connectivity index (χ4v) is 4.72. The lowest BCUT2D eigenvalue weighted by molar-refractivity contribution is -0.134. The van der Waals surface area contributed by atoms with Crippen LogP contribution in [0.5, 0.6) is 11.5 Å². The molecule has 1 unspecified atom stereocenters. The van der Waals surface area contributed by atoms with Crippen molar-refractivity contribution in [3.8, 4) is 17.4 Å². The summed E-state index contributed by atoms with van der Waals surface area (Å²) in [7, 11) is 1.62. The predicted octanol–water partition coefficient (Wildman–Crippen LogP) is 2.78. The first-order chi connectivity index (χ1) is 20.0. The zero-order valence-electron chi connectivity index (χ0n) is 23.1. The van der Waals surface area contributed by atoms with E-state index < -0.39 is 0 Å². The fourth-order valence-electron chi connectivity index (χ4n) is 4.72. The molecule has 1 aliphatic rings. The molecule has 11 heteroatoms. The molecule has 41 heavy (non-hydrogen) atoms. The number of anilines is 1. The van der Waals surface area contributed by atoms with Crippen LogP contribution >= 0.6 is 0 Å². The SMILES string of the molecule is COc1ccc(CNC(=O)CC2CN(C(=O)COc3ccccc3)CCN2c2cc(C)nc(-n3ccnc3)n2)cc1. The second-order valence-corrected chi connectivity index (χ2v) is 9.76. The summed E-state index contributed by atoms with van der Waals surface area (Å²) in [6, 6.07) is 18.4. The highest BCUT2D eigenvalue weighted by Gasteiger charge is 2.32. The number of nitrogens with zero attached hydrogens (tertiary/aromatic N) is 6. The highest BCUT2D eigenvalue weighted by molar-refractivity contribution is 5.79. The lowest BCUT2D eigenvalue weighted by atomic mass is 10.1. The normalized spacial score (nSPS) is 14.9. The van der Waals surface area contributed by atoms with Gasteiger partial charge in [-0.15, -0.1) is 0 Å². The van der Waals surface area contributed by atoms with Crippen LogP contribution < -0.4 is 19.7 Å². The van der Waals surface area contributed by atoms with Crippen LogP contribution in [0.15, 0.2) is 79.4 Å².